The minimum Gasteiger partial charge on any atom is -0.271 e. The van der Waals surface area contributed by atoms with E-state index < -0.39 is 0 Å². The van der Waals surface area contributed by atoms with Crippen LogP contribution in [0, 0.1) is 0 Å². The second kappa shape index (κ2) is 4.55. The van der Waals surface area contributed by atoms with Gasteiger partial charge in [-0.25, -0.2) is 10.5 Å². The van der Waals surface area contributed by atoms with Crippen LogP contribution in [0.3, 0.4) is 0 Å². The van der Waals surface area contributed by atoms with Gasteiger partial charge in [-0.2, -0.15) is 0 Å². The maximum Gasteiger partial charge on any atom is 0.294 e. The van der Waals surface area contributed by atoms with E-state index in [9.17, 15) is 4.79 Å². The topological polar surface area (TPSA) is 51.2 Å². The Kier molecular flexibility index (Phi) is 3.65. The van der Waals surface area contributed by atoms with E-state index in [1.165, 1.54) is 11.3 Å². The van der Waals surface area contributed by atoms with E-state index in [2.05, 4.69) is 10.5 Å². The predicted molar refractivity (Wildman–Crippen MR) is 50.8 cm³/mol. The second-order valence-corrected chi connectivity index (χ2v) is 4.02. The number of hydrogen-bond acceptors (Lipinski definition) is 4. The molecule has 13 heavy (non-hydrogen) atoms. The van der Waals surface area contributed by atoms with Crippen molar-refractivity contribution in [2.24, 2.45) is 0 Å². The minimum absolute atomic E-state index is 0.0574. The summed E-state index contributed by atoms with van der Waals surface area (Å²) in [6, 6.07) is 0. The molecule has 0 saturated carbocycles. The zero-order valence-corrected chi connectivity index (χ0v) is 8.78. The first-order chi connectivity index (χ1) is 6.09. The lowest BCUT2D eigenvalue weighted by Crippen LogP contribution is -2.27. The van der Waals surface area contributed by atoms with Gasteiger partial charge < -0.3 is 0 Å². The molecule has 0 radical (unpaired) electrons. The Balaban J connectivity index is 2.49. The molecule has 0 saturated heterocycles. The first kappa shape index (κ1) is 10.4. The van der Waals surface area contributed by atoms with Gasteiger partial charge >= 0.3 is 0 Å². The molecule has 0 spiro atoms. The predicted octanol–water partition coefficient (Wildman–Crippen LogP) is 1.87. The van der Waals surface area contributed by atoms with Gasteiger partial charge in [0.2, 0.25) is 0 Å². The summed E-state index contributed by atoms with van der Waals surface area (Å²) in [4.78, 5) is 19.9. The summed E-state index contributed by atoms with van der Waals surface area (Å²) in [5.41, 5.74) is 2.53. The van der Waals surface area contributed by atoms with Crippen LogP contribution >= 0.6 is 22.9 Å². The lowest BCUT2D eigenvalue weighted by atomic mass is 10.5. The molecule has 0 aliphatic heterocycles. The number of hydroxylamine groups is 1. The van der Waals surface area contributed by atoms with Crippen LogP contribution < -0.4 is 5.48 Å². The molecule has 0 unspecified atom stereocenters. The molecule has 4 nitrogen and oxygen atoms in total. The van der Waals surface area contributed by atoms with Crippen LogP contribution in [0.25, 0.3) is 0 Å². The number of halogens is 1. The molecule has 0 aliphatic rings. The Morgan fingerprint density at radius 3 is 2.92 bits per heavy atom. The highest BCUT2D eigenvalue weighted by atomic mass is 35.5. The minimum atomic E-state index is -0.378. The summed E-state index contributed by atoms with van der Waals surface area (Å²) in [5, 5.41) is 1.57. The highest BCUT2D eigenvalue weighted by Crippen LogP contribution is 2.14. The number of carbonyl (C=O) groups is 1. The van der Waals surface area contributed by atoms with E-state index in [-0.39, 0.29) is 17.7 Å². The number of rotatable bonds is 3. The Morgan fingerprint density at radius 1 is 1.77 bits per heavy atom. The molecule has 1 heterocycles. The van der Waals surface area contributed by atoms with Crippen molar-refractivity contribution in [2.75, 3.05) is 0 Å². The maximum absolute atomic E-state index is 11.2. The molecule has 6 heteroatoms. The number of nitrogens with one attached hydrogen (secondary N) is 1. The van der Waals surface area contributed by atoms with E-state index in [1.54, 1.807) is 5.38 Å². The van der Waals surface area contributed by atoms with Crippen molar-refractivity contribution < 1.29 is 9.63 Å². The van der Waals surface area contributed by atoms with E-state index >= 15 is 0 Å². The normalized spacial score (nSPS) is 10.5. The fourth-order valence-corrected chi connectivity index (χ4v) is 1.32. The third kappa shape index (κ3) is 3.30. The number of nitrogens with zero attached hydrogens (tertiary/aromatic N) is 1. The third-order valence-corrected chi connectivity index (χ3v) is 2.07. The second-order valence-electron chi connectivity index (χ2n) is 2.58. The molecule has 1 aromatic heterocycles. The van der Waals surface area contributed by atoms with Crippen LogP contribution in [-0.2, 0) is 4.84 Å². The molecule has 0 atom stereocenters. The van der Waals surface area contributed by atoms with Gasteiger partial charge in [-0.15, -0.1) is 11.3 Å². The monoisotopic (exact) mass is 220 g/mol. The first-order valence-electron chi connectivity index (χ1n) is 3.66. The summed E-state index contributed by atoms with van der Waals surface area (Å²) in [7, 11) is 0. The highest BCUT2D eigenvalue weighted by molar-refractivity contribution is 7.14. The van der Waals surface area contributed by atoms with Crippen molar-refractivity contribution in [3.63, 3.8) is 0 Å². The number of aromatic nitrogens is 1. The van der Waals surface area contributed by atoms with Crippen LogP contribution in [0.5, 0.6) is 0 Å². The average Bonchev–Trinajstić information content (AvgIpc) is 2.47. The number of amides is 1. The molecular weight excluding hydrogens is 212 g/mol. The van der Waals surface area contributed by atoms with Crippen molar-refractivity contribution in [3.05, 3.63) is 15.5 Å². The van der Waals surface area contributed by atoms with Crippen molar-refractivity contribution in [2.45, 2.75) is 20.0 Å². The van der Waals surface area contributed by atoms with E-state index in [4.69, 9.17) is 16.4 Å². The molecule has 0 bridgehead atoms. The molecule has 72 valence electrons. The Bertz CT molecular complexity index is 300. The van der Waals surface area contributed by atoms with Crippen molar-refractivity contribution in [1.29, 1.82) is 0 Å². The Labute approximate surface area is 84.8 Å². The van der Waals surface area contributed by atoms with Gasteiger partial charge in [-0.05, 0) is 13.8 Å². The first-order valence-corrected chi connectivity index (χ1v) is 4.92. The van der Waals surface area contributed by atoms with E-state index in [0.717, 1.165) is 0 Å². The van der Waals surface area contributed by atoms with Gasteiger partial charge in [0.15, 0.2) is 4.47 Å². The van der Waals surface area contributed by atoms with E-state index in [1.807, 2.05) is 13.8 Å². The molecule has 1 rings (SSSR count). The summed E-state index contributed by atoms with van der Waals surface area (Å²) in [6.07, 6.45) is -0.0574. The van der Waals surface area contributed by atoms with Gasteiger partial charge in [0.05, 0.1) is 6.10 Å². The fourth-order valence-electron chi connectivity index (χ4n) is 0.580. The third-order valence-electron chi connectivity index (χ3n) is 1.10. The zero-order valence-electron chi connectivity index (χ0n) is 7.20. The summed E-state index contributed by atoms with van der Waals surface area (Å²) in [6.45, 7) is 3.63. The fraction of sp³-hybridized carbons (Fsp3) is 0.429. The quantitative estimate of drug-likeness (QED) is 0.792. The van der Waals surface area contributed by atoms with Gasteiger partial charge in [-0.3, -0.25) is 9.63 Å². The van der Waals surface area contributed by atoms with Crippen LogP contribution in [0.2, 0.25) is 4.47 Å². The highest BCUT2D eigenvalue weighted by Gasteiger charge is 2.09. The smallest absolute Gasteiger partial charge is 0.271 e. The molecule has 0 aliphatic carbocycles. The van der Waals surface area contributed by atoms with Crippen LogP contribution in [0.15, 0.2) is 5.38 Å². The van der Waals surface area contributed by atoms with Crippen LogP contribution in [0.4, 0.5) is 0 Å². The van der Waals surface area contributed by atoms with Crippen LogP contribution in [0.1, 0.15) is 24.3 Å². The molecule has 1 amide bonds. The number of hydrogen-bond donors (Lipinski definition) is 1. The standard InChI is InChI=1S/C7H9ClN2O2S/c1-4(2)12-10-6(11)5-3-13-7(8)9-5/h3-4H,1-2H3,(H,10,11). The SMILES string of the molecule is CC(C)ONC(=O)c1csc(Cl)n1. The zero-order chi connectivity index (χ0) is 9.84. The van der Waals surface area contributed by atoms with Crippen molar-refractivity contribution in [3.8, 4) is 0 Å². The largest absolute Gasteiger partial charge is 0.294 e. The lowest BCUT2D eigenvalue weighted by Gasteiger charge is -2.06. The van der Waals surface area contributed by atoms with Gasteiger partial charge in [0.1, 0.15) is 5.69 Å². The van der Waals surface area contributed by atoms with E-state index in [0.29, 0.717) is 4.47 Å². The number of thiazole rings is 1. The molecule has 0 aromatic carbocycles. The Hall–Kier alpha value is -0.650. The molecule has 1 aromatic rings. The average molecular weight is 221 g/mol. The summed E-state index contributed by atoms with van der Waals surface area (Å²) >= 11 is 6.76. The van der Waals surface area contributed by atoms with Gasteiger partial charge in [0, 0.05) is 5.38 Å². The Morgan fingerprint density at radius 2 is 2.46 bits per heavy atom. The summed E-state index contributed by atoms with van der Waals surface area (Å²) in [5.74, 6) is -0.378. The van der Waals surface area contributed by atoms with Crippen molar-refractivity contribution in [1.82, 2.24) is 10.5 Å². The molecule has 0 fully saturated rings. The summed E-state index contributed by atoms with van der Waals surface area (Å²) < 4.78 is 0.342. The molecule has 1 N–H and O–H groups in total. The van der Waals surface area contributed by atoms with Crippen LogP contribution in [-0.4, -0.2) is 17.0 Å². The van der Waals surface area contributed by atoms with Crippen molar-refractivity contribution >= 4 is 28.8 Å². The maximum atomic E-state index is 11.2. The number of carbonyl (C=O) groups excluding carboxylic acids is 1. The van der Waals surface area contributed by atoms with Gasteiger partial charge in [0.25, 0.3) is 5.91 Å². The lowest BCUT2D eigenvalue weighted by molar-refractivity contribution is -0.0000900. The van der Waals surface area contributed by atoms with Gasteiger partial charge in [-0.1, -0.05) is 11.6 Å². The molecular formula is C7H9ClN2O2S.